The molecule has 0 aliphatic carbocycles. The molecule has 1 N–H and O–H groups in total. The van der Waals surface area contributed by atoms with E-state index in [9.17, 15) is 9.59 Å². The van der Waals surface area contributed by atoms with Gasteiger partial charge in [-0.1, -0.05) is 36.4 Å². The van der Waals surface area contributed by atoms with Crippen LogP contribution in [0, 0.1) is 5.92 Å². The van der Waals surface area contributed by atoms with Crippen LogP contribution >= 0.6 is 0 Å². The maximum Gasteiger partial charge on any atom is 0.254 e. The van der Waals surface area contributed by atoms with Gasteiger partial charge in [-0.3, -0.25) is 9.59 Å². The smallest absolute Gasteiger partial charge is 0.254 e. The lowest BCUT2D eigenvalue weighted by molar-refractivity contribution is -0.127. The molecule has 3 aromatic rings. The van der Waals surface area contributed by atoms with Crippen LogP contribution in [-0.2, 0) is 11.3 Å². The monoisotopic (exact) mass is 445 g/mol. The Balaban J connectivity index is 1.11. The number of benzene rings is 2. The average molecular weight is 446 g/mol. The molecule has 6 nitrogen and oxygen atoms in total. The third-order valence-corrected chi connectivity index (χ3v) is 7.21. The number of likely N-dealkylation sites (tertiary alicyclic amines) is 2. The Morgan fingerprint density at radius 1 is 0.879 bits per heavy atom. The molecule has 33 heavy (non-hydrogen) atoms. The van der Waals surface area contributed by atoms with E-state index in [1.54, 1.807) is 6.26 Å². The van der Waals surface area contributed by atoms with E-state index in [4.69, 9.17) is 4.42 Å². The van der Waals surface area contributed by atoms with Gasteiger partial charge < -0.3 is 19.5 Å². The third kappa shape index (κ3) is 4.81. The van der Waals surface area contributed by atoms with Crippen molar-refractivity contribution in [1.29, 1.82) is 0 Å². The number of nitrogens with one attached hydrogen (secondary N) is 1. The van der Waals surface area contributed by atoms with Crippen molar-refractivity contribution in [2.75, 3.05) is 26.2 Å². The quantitative estimate of drug-likeness (QED) is 0.643. The van der Waals surface area contributed by atoms with E-state index in [0.29, 0.717) is 12.6 Å². The fourth-order valence-corrected chi connectivity index (χ4v) is 5.27. The van der Waals surface area contributed by atoms with Crippen molar-refractivity contribution in [2.24, 2.45) is 5.92 Å². The Morgan fingerprint density at radius 3 is 2.39 bits per heavy atom. The van der Waals surface area contributed by atoms with Crippen LogP contribution in [0.3, 0.4) is 0 Å². The van der Waals surface area contributed by atoms with Gasteiger partial charge >= 0.3 is 0 Å². The van der Waals surface area contributed by atoms with Gasteiger partial charge in [-0.25, -0.2) is 0 Å². The molecule has 1 aromatic heterocycles. The number of piperidine rings is 2. The molecule has 0 radical (unpaired) electrons. The van der Waals surface area contributed by atoms with Crippen molar-refractivity contribution in [3.05, 3.63) is 72.2 Å². The molecule has 0 bridgehead atoms. The van der Waals surface area contributed by atoms with E-state index in [1.165, 1.54) is 0 Å². The van der Waals surface area contributed by atoms with Crippen LogP contribution in [0.1, 0.15) is 41.8 Å². The lowest BCUT2D eigenvalue weighted by Gasteiger charge is -2.41. The van der Waals surface area contributed by atoms with E-state index in [2.05, 4.69) is 22.3 Å². The predicted octanol–water partition coefficient (Wildman–Crippen LogP) is 4.07. The second kappa shape index (κ2) is 9.79. The third-order valence-electron chi connectivity index (χ3n) is 7.21. The number of carbonyl (C=O) groups is 2. The molecule has 0 saturated carbocycles. The number of nitrogens with zero attached hydrogens (tertiary/aromatic N) is 2. The maximum atomic E-state index is 13.2. The molecule has 2 aromatic carbocycles. The van der Waals surface area contributed by atoms with E-state index in [1.807, 2.05) is 47.4 Å². The summed E-state index contributed by atoms with van der Waals surface area (Å²) in [5.41, 5.74) is 0.799. The summed E-state index contributed by atoms with van der Waals surface area (Å²) in [6.45, 7) is 3.92. The van der Waals surface area contributed by atoms with Crippen molar-refractivity contribution in [3.63, 3.8) is 0 Å². The highest BCUT2D eigenvalue weighted by Gasteiger charge is 2.32. The summed E-state index contributed by atoms with van der Waals surface area (Å²) in [7, 11) is 0. The van der Waals surface area contributed by atoms with Crippen molar-refractivity contribution >= 4 is 22.6 Å². The highest BCUT2D eigenvalue weighted by atomic mass is 16.3. The normalized spacial score (nSPS) is 18.5. The molecule has 2 saturated heterocycles. The fourth-order valence-electron chi connectivity index (χ4n) is 5.27. The maximum absolute atomic E-state index is 13.2. The minimum atomic E-state index is 0.0734. The number of carbonyl (C=O) groups excluding carboxylic acids is 2. The zero-order valence-electron chi connectivity index (χ0n) is 18.9. The minimum Gasteiger partial charge on any atom is -0.467 e. The number of furan rings is 1. The summed E-state index contributed by atoms with van der Waals surface area (Å²) >= 11 is 0. The predicted molar refractivity (Wildman–Crippen MR) is 128 cm³/mol. The van der Waals surface area contributed by atoms with Crippen molar-refractivity contribution < 1.29 is 14.0 Å². The zero-order valence-corrected chi connectivity index (χ0v) is 18.9. The number of hydrogen-bond acceptors (Lipinski definition) is 4. The highest BCUT2D eigenvalue weighted by molar-refractivity contribution is 6.07. The molecule has 2 amide bonds. The van der Waals surface area contributed by atoms with Gasteiger partial charge in [0.15, 0.2) is 0 Å². The van der Waals surface area contributed by atoms with Crippen LogP contribution in [0.4, 0.5) is 0 Å². The number of amides is 2. The van der Waals surface area contributed by atoms with E-state index < -0.39 is 0 Å². The molecule has 2 fully saturated rings. The summed E-state index contributed by atoms with van der Waals surface area (Å²) in [5, 5.41) is 5.13. The first-order chi connectivity index (χ1) is 16.2. The first-order valence-electron chi connectivity index (χ1n) is 12.0. The van der Waals surface area contributed by atoms with Gasteiger partial charge in [-0.15, -0.1) is 0 Å². The molecule has 3 heterocycles. The summed E-state index contributed by atoms with van der Waals surface area (Å²) < 4.78 is 5.29. The first kappa shape index (κ1) is 21.7. The lowest BCUT2D eigenvalue weighted by Crippen LogP contribution is -2.50. The zero-order chi connectivity index (χ0) is 22.6. The molecule has 6 heteroatoms. The molecule has 0 atom stereocenters. The lowest BCUT2D eigenvalue weighted by atomic mass is 9.92. The molecule has 172 valence electrons. The second-order valence-corrected chi connectivity index (χ2v) is 9.16. The number of fused-ring (bicyclic) bond motifs is 1. The van der Waals surface area contributed by atoms with E-state index >= 15 is 0 Å². The Hall–Kier alpha value is -3.12. The van der Waals surface area contributed by atoms with Crippen LogP contribution in [0.25, 0.3) is 10.8 Å². The minimum absolute atomic E-state index is 0.0734. The van der Waals surface area contributed by atoms with Gasteiger partial charge in [0.1, 0.15) is 5.76 Å². The molecular formula is C27H31N3O3. The summed E-state index contributed by atoms with van der Waals surface area (Å²) in [6.07, 6.45) is 5.39. The topological polar surface area (TPSA) is 65.8 Å². The highest BCUT2D eigenvalue weighted by Crippen LogP contribution is 2.26. The van der Waals surface area contributed by atoms with Gasteiger partial charge in [0.2, 0.25) is 5.91 Å². The van der Waals surface area contributed by atoms with Gasteiger partial charge in [-0.2, -0.15) is 0 Å². The summed E-state index contributed by atoms with van der Waals surface area (Å²) in [5.74, 6) is 1.12. The number of rotatable bonds is 5. The van der Waals surface area contributed by atoms with Crippen LogP contribution in [-0.4, -0.2) is 53.8 Å². The van der Waals surface area contributed by atoms with Crippen molar-refractivity contribution in [2.45, 2.75) is 38.3 Å². The first-order valence-corrected chi connectivity index (χ1v) is 12.0. The van der Waals surface area contributed by atoms with Crippen molar-refractivity contribution in [1.82, 2.24) is 15.1 Å². The Kier molecular flexibility index (Phi) is 6.44. The molecule has 5 rings (SSSR count). The van der Waals surface area contributed by atoms with Gasteiger partial charge in [0, 0.05) is 30.6 Å². The molecule has 2 aliphatic heterocycles. The van der Waals surface area contributed by atoms with Crippen LogP contribution in [0.5, 0.6) is 0 Å². The van der Waals surface area contributed by atoms with Crippen LogP contribution in [0.15, 0.2) is 65.3 Å². The standard InChI is InChI=1S/C27H31N3O3/c31-26(28-19-23-7-4-18-33-23)21-10-14-29(15-11-21)22-12-16-30(17-13-22)27(32)25-9-3-6-20-5-1-2-8-24(20)25/h1-9,18,21-22H,10-17,19H2,(H,28,31). The van der Waals surface area contributed by atoms with Crippen molar-refractivity contribution in [3.8, 4) is 0 Å². The van der Waals surface area contributed by atoms with Crippen LogP contribution < -0.4 is 5.32 Å². The SMILES string of the molecule is O=C(NCc1ccco1)C1CCN(C2CCN(C(=O)c3cccc4ccccc34)CC2)CC1. The Labute approximate surface area is 194 Å². The second-order valence-electron chi connectivity index (χ2n) is 9.16. The van der Waals surface area contributed by atoms with Gasteiger partial charge in [0.05, 0.1) is 12.8 Å². The summed E-state index contributed by atoms with van der Waals surface area (Å²) in [6, 6.07) is 18.3. The molecule has 2 aliphatic rings. The molecular weight excluding hydrogens is 414 g/mol. The van der Waals surface area contributed by atoms with Gasteiger partial charge in [0.25, 0.3) is 5.91 Å². The Bertz CT molecular complexity index is 1090. The van der Waals surface area contributed by atoms with E-state index in [-0.39, 0.29) is 17.7 Å². The molecule has 0 unspecified atom stereocenters. The van der Waals surface area contributed by atoms with E-state index in [0.717, 1.165) is 74.0 Å². The fraction of sp³-hybridized carbons (Fsp3) is 0.407. The largest absolute Gasteiger partial charge is 0.467 e. The summed E-state index contributed by atoms with van der Waals surface area (Å²) in [4.78, 5) is 30.3. The number of hydrogen-bond donors (Lipinski definition) is 1. The Morgan fingerprint density at radius 2 is 1.64 bits per heavy atom. The molecule has 0 spiro atoms. The van der Waals surface area contributed by atoms with Gasteiger partial charge in [-0.05, 0) is 67.7 Å². The van der Waals surface area contributed by atoms with Crippen LogP contribution in [0.2, 0.25) is 0 Å². The average Bonchev–Trinajstić information content (AvgIpc) is 3.40.